The second kappa shape index (κ2) is 7.25. The average Bonchev–Trinajstić information content (AvgIpc) is 2.93. The van der Waals surface area contributed by atoms with Gasteiger partial charge in [-0.15, -0.1) is 0 Å². The fraction of sp³-hybridized carbons (Fsp3) is 0.368. The Labute approximate surface area is 143 Å². The maximum absolute atomic E-state index is 14.4. The number of hydrogen-bond acceptors (Lipinski definition) is 3. The van der Waals surface area contributed by atoms with Crippen molar-refractivity contribution in [1.82, 2.24) is 0 Å². The number of fused-ring (bicyclic) bond motifs is 3. The van der Waals surface area contributed by atoms with Crippen molar-refractivity contribution in [3.8, 4) is 11.5 Å². The summed E-state index contributed by atoms with van der Waals surface area (Å²) in [4.78, 5) is 0. The Balaban J connectivity index is 2.06. The van der Waals surface area contributed by atoms with Crippen LogP contribution in [0.3, 0.4) is 0 Å². The van der Waals surface area contributed by atoms with Crippen molar-refractivity contribution in [3.05, 3.63) is 35.7 Å². The first-order chi connectivity index (χ1) is 12.1. The molecule has 1 aromatic heterocycles. The van der Waals surface area contributed by atoms with Gasteiger partial charge in [-0.25, -0.2) is 8.78 Å². The van der Waals surface area contributed by atoms with Crippen LogP contribution in [-0.2, 0) is 0 Å². The number of unbranched alkanes of at least 4 members (excludes halogenated alkanes) is 2. The average molecular weight is 352 g/mol. The molecule has 0 amide bonds. The number of hydrogen-bond donors (Lipinski definition) is 0. The predicted molar refractivity (Wildman–Crippen MR) is 89.8 cm³/mol. The van der Waals surface area contributed by atoms with Gasteiger partial charge < -0.3 is 13.9 Å². The Morgan fingerprint density at radius 1 is 0.880 bits per heavy atom. The van der Waals surface area contributed by atoms with Crippen LogP contribution in [0.1, 0.15) is 33.1 Å². The van der Waals surface area contributed by atoms with Crippen LogP contribution in [0.5, 0.6) is 11.5 Å². The molecule has 0 N–H and O–H groups in total. The molecule has 3 rings (SSSR count). The molecule has 0 bridgehead atoms. The second-order valence-electron chi connectivity index (χ2n) is 5.75. The molecule has 0 spiro atoms. The summed E-state index contributed by atoms with van der Waals surface area (Å²) in [5, 5.41) is 0.0558. The van der Waals surface area contributed by atoms with Crippen LogP contribution >= 0.6 is 0 Å². The third kappa shape index (κ3) is 3.25. The highest BCUT2D eigenvalue weighted by atomic mass is 19.2. The van der Waals surface area contributed by atoms with E-state index in [1.54, 1.807) is 6.92 Å². The molecular weight excluding hydrogens is 333 g/mol. The zero-order valence-electron chi connectivity index (χ0n) is 14.1. The van der Waals surface area contributed by atoms with Crippen LogP contribution in [-0.4, -0.2) is 13.2 Å². The lowest BCUT2D eigenvalue weighted by Crippen LogP contribution is -1.99. The highest BCUT2D eigenvalue weighted by Crippen LogP contribution is 2.38. The van der Waals surface area contributed by atoms with Crippen molar-refractivity contribution in [1.29, 1.82) is 0 Å². The molecule has 0 unspecified atom stereocenters. The lowest BCUT2D eigenvalue weighted by molar-refractivity contribution is 0.292. The van der Waals surface area contributed by atoms with E-state index >= 15 is 0 Å². The summed E-state index contributed by atoms with van der Waals surface area (Å²) < 4.78 is 58.8. The first kappa shape index (κ1) is 17.5. The first-order valence-corrected chi connectivity index (χ1v) is 8.36. The highest BCUT2D eigenvalue weighted by molar-refractivity contribution is 6.06. The van der Waals surface area contributed by atoms with Gasteiger partial charge in [0.15, 0.2) is 23.1 Å². The minimum absolute atomic E-state index is 0.0357. The molecule has 0 atom stereocenters. The smallest absolute Gasteiger partial charge is 0.201 e. The maximum atomic E-state index is 14.4. The summed E-state index contributed by atoms with van der Waals surface area (Å²) in [5.41, 5.74) is 0.328. The van der Waals surface area contributed by atoms with Gasteiger partial charge in [0.2, 0.25) is 5.82 Å². The fourth-order valence-electron chi connectivity index (χ4n) is 2.75. The van der Waals surface area contributed by atoms with E-state index in [0.29, 0.717) is 6.61 Å². The molecule has 1 heterocycles. The SMILES string of the molecule is CCCCCOc1cc2oc3cc(OCC)c(F)c(F)c3c2cc1F. The van der Waals surface area contributed by atoms with Crippen LogP contribution in [0.15, 0.2) is 22.6 Å². The van der Waals surface area contributed by atoms with Crippen LogP contribution in [0.25, 0.3) is 21.9 Å². The molecule has 2 aromatic carbocycles. The minimum Gasteiger partial charge on any atom is -0.491 e. The van der Waals surface area contributed by atoms with Gasteiger partial charge in [-0.1, -0.05) is 19.8 Å². The van der Waals surface area contributed by atoms with E-state index in [9.17, 15) is 13.2 Å². The topological polar surface area (TPSA) is 31.6 Å². The number of halogens is 3. The maximum Gasteiger partial charge on any atom is 0.201 e. The molecule has 0 saturated carbocycles. The minimum atomic E-state index is -1.12. The molecule has 0 aliphatic carbocycles. The van der Waals surface area contributed by atoms with E-state index in [1.165, 1.54) is 12.1 Å². The van der Waals surface area contributed by atoms with E-state index < -0.39 is 17.5 Å². The molecule has 0 radical (unpaired) electrons. The molecule has 134 valence electrons. The predicted octanol–water partition coefficient (Wildman–Crippen LogP) is 5.97. The summed E-state index contributed by atoms with van der Waals surface area (Å²) in [6.45, 7) is 4.30. The Morgan fingerprint density at radius 3 is 2.36 bits per heavy atom. The largest absolute Gasteiger partial charge is 0.491 e. The molecule has 25 heavy (non-hydrogen) atoms. The van der Waals surface area contributed by atoms with E-state index in [-0.39, 0.29) is 40.0 Å². The van der Waals surface area contributed by atoms with Crippen LogP contribution in [0, 0.1) is 17.5 Å². The van der Waals surface area contributed by atoms with Crippen molar-refractivity contribution in [2.75, 3.05) is 13.2 Å². The second-order valence-corrected chi connectivity index (χ2v) is 5.75. The zero-order chi connectivity index (χ0) is 18.0. The van der Waals surface area contributed by atoms with Crippen LogP contribution < -0.4 is 9.47 Å². The molecular formula is C19H19F3O3. The van der Waals surface area contributed by atoms with Crippen molar-refractivity contribution >= 4 is 21.9 Å². The van der Waals surface area contributed by atoms with Gasteiger partial charge >= 0.3 is 0 Å². The molecule has 0 fully saturated rings. The number of ether oxygens (including phenoxy) is 2. The Kier molecular flexibility index (Phi) is 5.06. The highest BCUT2D eigenvalue weighted by Gasteiger charge is 2.21. The number of benzene rings is 2. The van der Waals surface area contributed by atoms with Crippen LogP contribution in [0.2, 0.25) is 0 Å². The van der Waals surface area contributed by atoms with Gasteiger partial charge in [0.25, 0.3) is 0 Å². The monoisotopic (exact) mass is 352 g/mol. The van der Waals surface area contributed by atoms with Crippen LogP contribution in [0.4, 0.5) is 13.2 Å². The Hall–Kier alpha value is -2.37. The molecule has 0 saturated heterocycles. The third-order valence-electron chi connectivity index (χ3n) is 3.97. The summed E-state index contributed by atoms with van der Waals surface area (Å²) in [6.07, 6.45) is 2.83. The lowest BCUT2D eigenvalue weighted by atomic mass is 10.1. The molecule has 0 aliphatic rings. The fourth-order valence-corrected chi connectivity index (χ4v) is 2.75. The van der Waals surface area contributed by atoms with Gasteiger partial charge in [-0.3, -0.25) is 0 Å². The number of rotatable bonds is 7. The lowest BCUT2D eigenvalue weighted by Gasteiger charge is -2.07. The standard InChI is InChI=1S/C19H19F3O3/c1-3-5-6-7-24-14-9-13-11(8-12(14)20)17-15(25-13)10-16(23-4-2)18(21)19(17)22/h8-10H,3-7H2,1-2H3. The van der Waals surface area contributed by atoms with E-state index in [0.717, 1.165) is 25.3 Å². The van der Waals surface area contributed by atoms with Gasteiger partial charge in [-0.05, 0) is 19.4 Å². The van der Waals surface area contributed by atoms with E-state index in [4.69, 9.17) is 13.9 Å². The normalized spacial score (nSPS) is 11.4. The quantitative estimate of drug-likeness (QED) is 0.491. The summed E-state index contributed by atoms with van der Waals surface area (Å²) in [6, 6.07) is 3.75. The summed E-state index contributed by atoms with van der Waals surface area (Å²) in [7, 11) is 0. The Morgan fingerprint density at radius 2 is 1.64 bits per heavy atom. The summed E-state index contributed by atoms with van der Waals surface area (Å²) >= 11 is 0. The van der Waals surface area contributed by atoms with Gasteiger partial charge in [0, 0.05) is 17.5 Å². The van der Waals surface area contributed by atoms with Crippen molar-refractivity contribution < 1.29 is 27.1 Å². The molecule has 3 aromatic rings. The van der Waals surface area contributed by atoms with Crippen molar-refractivity contribution in [2.24, 2.45) is 0 Å². The zero-order valence-corrected chi connectivity index (χ0v) is 14.1. The van der Waals surface area contributed by atoms with Gasteiger partial charge in [0.1, 0.15) is 11.2 Å². The van der Waals surface area contributed by atoms with Gasteiger partial charge in [0.05, 0.1) is 18.6 Å². The number of furan rings is 1. The molecule has 6 heteroatoms. The molecule has 3 nitrogen and oxygen atoms in total. The summed E-state index contributed by atoms with van der Waals surface area (Å²) in [5.74, 6) is -3.06. The molecule has 0 aliphatic heterocycles. The van der Waals surface area contributed by atoms with Gasteiger partial charge in [-0.2, -0.15) is 4.39 Å². The van der Waals surface area contributed by atoms with E-state index in [2.05, 4.69) is 6.92 Å². The van der Waals surface area contributed by atoms with Crippen molar-refractivity contribution in [2.45, 2.75) is 33.1 Å². The van der Waals surface area contributed by atoms with Crippen molar-refractivity contribution in [3.63, 3.8) is 0 Å². The van der Waals surface area contributed by atoms with E-state index in [1.807, 2.05) is 0 Å². The first-order valence-electron chi connectivity index (χ1n) is 8.36. The third-order valence-corrected chi connectivity index (χ3v) is 3.97. The Bertz CT molecular complexity index is 902.